The minimum Gasteiger partial charge on any atom is -0.398 e. The quantitative estimate of drug-likeness (QED) is 0.688. The first-order chi connectivity index (χ1) is 11.7. The molecule has 2 N–H and O–H groups in total. The number of halogens is 4. The smallest absolute Gasteiger partial charge is 0.398 e. The van der Waals surface area contributed by atoms with Gasteiger partial charge >= 0.3 is 6.18 Å². The Kier molecular flexibility index (Phi) is 4.20. The molecule has 2 aromatic carbocycles. The molecule has 0 aliphatic rings. The van der Waals surface area contributed by atoms with Gasteiger partial charge in [0.15, 0.2) is 0 Å². The summed E-state index contributed by atoms with van der Waals surface area (Å²) >= 11 is 5.98. The van der Waals surface area contributed by atoms with E-state index in [1.54, 1.807) is 31.2 Å². The van der Waals surface area contributed by atoms with E-state index in [1.807, 2.05) is 0 Å². The average Bonchev–Trinajstić information content (AvgIpc) is 2.53. The Morgan fingerprint density at radius 2 is 1.96 bits per heavy atom. The fourth-order valence-electron chi connectivity index (χ4n) is 2.76. The highest BCUT2D eigenvalue weighted by atomic mass is 35.5. The minimum atomic E-state index is -4.63. The van der Waals surface area contributed by atoms with Gasteiger partial charge in [0.25, 0.3) is 5.56 Å². The number of benzene rings is 2. The molecule has 1 heterocycles. The Hall–Kier alpha value is -2.54. The van der Waals surface area contributed by atoms with Gasteiger partial charge in [-0.05, 0) is 36.8 Å². The molecular formula is C17H13ClF3N3O. The zero-order valence-electron chi connectivity index (χ0n) is 13.0. The van der Waals surface area contributed by atoms with E-state index in [4.69, 9.17) is 17.3 Å². The molecule has 0 radical (unpaired) electrons. The van der Waals surface area contributed by atoms with Gasteiger partial charge < -0.3 is 5.73 Å². The van der Waals surface area contributed by atoms with Crippen LogP contribution in [0.3, 0.4) is 0 Å². The van der Waals surface area contributed by atoms with Crippen molar-refractivity contribution >= 4 is 28.3 Å². The number of nitrogens with two attached hydrogens (primary N) is 1. The number of hydrogen-bond donors (Lipinski definition) is 1. The van der Waals surface area contributed by atoms with Crippen LogP contribution in [0.25, 0.3) is 11.0 Å². The second-order valence-electron chi connectivity index (χ2n) is 5.62. The summed E-state index contributed by atoms with van der Waals surface area (Å²) in [6.45, 7) is 1.70. The molecule has 0 bridgehead atoms. The van der Waals surface area contributed by atoms with Crippen LogP contribution in [0.4, 0.5) is 18.9 Å². The molecule has 1 atom stereocenters. The lowest BCUT2D eigenvalue weighted by atomic mass is 10.1. The molecule has 0 fully saturated rings. The molecule has 0 amide bonds. The lowest BCUT2D eigenvalue weighted by molar-refractivity contribution is -0.136. The van der Waals surface area contributed by atoms with Crippen LogP contribution in [-0.4, -0.2) is 9.55 Å². The van der Waals surface area contributed by atoms with Crippen molar-refractivity contribution in [3.63, 3.8) is 0 Å². The van der Waals surface area contributed by atoms with Crippen LogP contribution in [-0.2, 0) is 6.18 Å². The summed E-state index contributed by atoms with van der Waals surface area (Å²) in [5.41, 5.74) is 4.50. The van der Waals surface area contributed by atoms with E-state index >= 15 is 0 Å². The van der Waals surface area contributed by atoms with Crippen molar-refractivity contribution in [1.29, 1.82) is 0 Å². The van der Waals surface area contributed by atoms with Crippen LogP contribution in [0.5, 0.6) is 0 Å². The third-order valence-electron chi connectivity index (χ3n) is 3.98. The molecule has 0 aliphatic carbocycles. The van der Waals surface area contributed by atoms with Gasteiger partial charge in [0, 0.05) is 10.7 Å². The van der Waals surface area contributed by atoms with Gasteiger partial charge in [0.05, 0.1) is 28.8 Å². The van der Waals surface area contributed by atoms with E-state index in [9.17, 15) is 18.0 Å². The largest absolute Gasteiger partial charge is 0.418 e. The van der Waals surface area contributed by atoms with E-state index in [0.717, 1.165) is 18.3 Å². The van der Waals surface area contributed by atoms with Crippen LogP contribution in [0.15, 0.2) is 47.4 Å². The molecule has 0 saturated heterocycles. The second-order valence-corrected chi connectivity index (χ2v) is 6.06. The van der Waals surface area contributed by atoms with Gasteiger partial charge in [-0.15, -0.1) is 0 Å². The Bertz CT molecular complexity index is 1010. The molecule has 0 unspecified atom stereocenters. The molecular weight excluding hydrogens is 355 g/mol. The van der Waals surface area contributed by atoms with Crippen molar-refractivity contribution in [3.8, 4) is 0 Å². The normalized spacial score (nSPS) is 13.2. The van der Waals surface area contributed by atoms with Gasteiger partial charge in [-0.1, -0.05) is 23.7 Å². The van der Waals surface area contributed by atoms with E-state index in [0.29, 0.717) is 10.6 Å². The predicted octanol–water partition coefficient (Wildman–Crippen LogP) is 4.26. The van der Waals surface area contributed by atoms with Crippen LogP contribution < -0.4 is 11.3 Å². The first-order valence-corrected chi connectivity index (χ1v) is 7.69. The number of fused-ring (bicyclic) bond motifs is 1. The third kappa shape index (κ3) is 3.19. The monoisotopic (exact) mass is 367 g/mol. The first-order valence-electron chi connectivity index (χ1n) is 7.32. The van der Waals surface area contributed by atoms with Gasteiger partial charge in [0.2, 0.25) is 0 Å². The number of aromatic nitrogens is 2. The summed E-state index contributed by atoms with van der Waals surface area (Å²) in [6, 6.07) is 8.24. The Labute approximate surface area is 145 Å². The van der Waals surface area contributed by atoms with Gasteiger partial charge in [0.1, 0.15) is 0 Å². The summed E-state index contributed by atoms with van der Waals surface area (Å²) in [6.07, 6.45) is -3.57. The zero-order chi connectivity index (χ0) is 18.4. The average molecular weight is 368 g/mol. The highest BCUT2D eigenvalue weighted by Gasteiger charge is 2.34. The number of hydrogen-bond acceptors (Lipinski definition) is 3. The Morgan fingerprint density at radius 1 is 1.24 bits per heavy atom. The van der Waals surface area contributed by atoms with E-state index in [-0.39, 0.29) is 11.0 Å². The van der Waals surface area contributed by atoms with E-state index in [2.05, 4.69) is 4.98 Å². The lowest BCUT2D eigenvalue weighted by Crippen LogP contribution is -2.25. The molecule has 130 valence electrons. The fraction of sp³-hybridized carbons (Fsp3) is 0.176. The van der Waals surface area contributed by atoms with Crippen LogP contribution in [0.1, 0.15) is 24.1 Å². The van der Waals surface area contributed by atoms with Crippen molar-refractivity contribution in [2.45, 2.75) is 19.1 Å². The first kappa shape index (κ1) is 17.3. The fourth-order valence-corrected chi connectivity index (χ4v) is 2.95. The lowest BCUT2D eigenvalue weighted by Gasteiger charge is -2.20. The second kappa shape index (κ2) is 6.07. The third-order valence-corrected chi connectivity index (χ3v) is 4.22. The maximum absolute atomic E-state index is 13.2. The summed E-state index contributed by atoms with van der Waals surface area (Å²) < 4.78 is 40.8. The zero-order valence-corrected chi connectivity index (χ0v) is 13.8. The molecule has 0 aliphatic heterocycles. The number of anilines is 1. The summed E-state index contributed by atoms with van der Waals surface area (Å²) in [5.74, 6) is 0. The summed E-state index contributed by atoms with van der Waals surface area (Å²) in [5, 5.41) is 0.469. The number of alkyl halides is 3. The van der Waals surface area contributed by atoms with E-state index < -0.39 is 29.0 Å². The predicted molar refractivity (Wildman–Crippen MR) is 90.7 cm³/mol. The molecule has 8 heteroatoms. The molecule has 3 aromatic rings. The van der Waals surface area contributed by atoms with Gasteiger partial charge in [-0.2, -0.15) is 13.2 Å². The molecule has 3 rings (SSSR count). The van der Waals surface area contributed by atoms with Gasteiger partial charge in [-0.25, -0.2) is 4.98 Å². The van der Waals surface area contributed by atoms with Crippen LogP contribution in [0.2, 0.25) is 5.02 Å². The SMILES string of the molecule is C[C@@H](c1cccc(Cl)c1)n1c(=O)cnc2cc(N)c(C(F)(F)F)cc21. The molecule has 0 spiro atoms. The van der Waals surface area contributed by atoms with Crippen LogP contribution in [0, 0.1) is 0 Å². The number of rotatable bonds is 2. The standard InChI is InChI=1S/C17H13ClF3N3O/c1-9(10-3-2-4-11(18)5-10)24-15-6-12(17(19,20)21)13(22)7-14(15)23-8-16(24)25/h2-9H,22H2,1H3/t9-/m0/s1. The summed E-state index contributed by atoms with van der Waals surface area (Å²) in [7, 11) is 0. The summed E-state index contributed by atoms with van der Waals surface area (Å²) in [4.78, 5) is 16.2. The van der Waals surface area contributed by atoms with Crippen molar-refractivity contribution in [2.75, 3.05) is 5.73 Å². The maximum Gasteiger partial charge on any atom is 0.418 e. The van der Waals surface area contributed by atoms with Gasteiger partial charge in [-0.3, -0.25) is 9.36 Å². The highest BCUT2D eigenvalue weighted by Crippen LogP contribution is 2.36. The van der Waals surface area contributed by atoms with Crippen molar-refractivity contribution in [1.82, 2.24) is 9.55 Å². The van der Waals surface area contributed by atoms with Crippen molar-refractivity contribution in [3.05, 3.63) is 69.1 Å². The van der Waals surface area contributed by atoms with Crippen molar-refractivity contribution < 1.29 is 13.2 Å². The molecule has 4 nitrogen and oxygen atoms in total. The Morgan fingerprint density at radius 3 is 2.60 bits per heavy atom. The number of nitrogens with zero attached hydrogens (tertiary/aromatic N) is 2. The molecule has 0 saturated carbocycles. The molecule has 25 heavy (non-hydrogen) atoms. The Balaban J connectivity index is 2.30. The minimum absolute atomic E-state index is 0.0569. The molecule has 1 aromatic heterocycles. The van der Waals surface area contributed by atoms with Crippen molar-refractivity contribution in [2.24, 2.45) is 0 Å². The number of nitrogen functional groups attached to an aromatic ring is 1. The maximum atomic E-state index is 13.2. The highest BCUT2D eigenvalue weighted by molar-refractivity contribution is 6.30. The van der Waals surface area contributed by atoms with E-state index in [1.165, 1.54) is 4.57 Å². The van der Waals surface area contributed by atoms with Crippen LogP contribution >= 0.6 is 11.6 Å². The topological polar surface area (TPSA) is 60.9 Å².